The SMILES string of the molecule is OC12Cc3ccccc3C(C1)C2. The molecule has 3 aliphatic carbocycles. The maximum Gasteiger partial charge on any atom is 0.0699 e. The highest BCUT2D eigenvalue weighted by Crippen LogP contribution is 2.52. The molecule has 2 bridgehead atoms. The molecule has 0 radical (unpaired) electrons. The van der Waals surface area contributed by atoms with Crippen LogP contribution in [-0.2, 0) is 6.42 Å². The zero-order valence-electron chi connectivity index (χ0n) is 6.96. The van der Waals surface area contributed by atoms with Crippen molar-refractivity contribution in [1.29, 1.82) is 0 Å². The van der Waals surface area contributed by atoms with Crippen LogP contribution < -0.4 is 0 Å². The van der Waals surface area contributed by atoms with Crippen LogP contribution >= 0.6 is 0 Å². The van der Waals surface area contributed by atoms with E-state index in [1.54, 1.807) is 0 Å². The average Bonchev–Trinajstić information content (AvgIpc) is 2.02. The molecule has 0 unspecified atom stereocenters. The lowest BCUT2D eigenvalue weighted by molar-refractivity contribution is -0.0583. The van der Waals surface area contributed by atoms with Gasteiger partial charge < -0.3 is 5.11 Å². The number of aliphatic hydroxyl groups is 1. The van der Waals surface area contributed by atoms with E-state index in [0.29, 0.717) is 5.92 Å². The quantitative estimate of drug-likeness (QED) is 0.614. The first-order valence-corrected chi connectivity index (χ1v) is 4.57. The molecule has 1 N–H and O–H groups in total. The highest BCUT2D eigenvalue weighted by Gasteiger charge is 2.47. The molecule has 12 heavy (non-hydrogen) atoms. The van der Waals surface area contributed by atoms with Crippen molar-refractivity contribution in [3.8, 4) is 0 Å². The normalized spacial score (nSPS) is 36.9. The van der Waals surface area contributed by atoms with Crippen molar-refractivity contribution in [2.75, 3.05) is 0 Å². The molecular formula is C11H12O. The standard InChI is InChI=1S/C11H12O/c12-11-5-8-3-1-2-4-10(8)9(6-11)7-11/h1-4,9,12H,5-7H2. The van der Waals surface area contributed by atoms with Gasteiger partial charge in [-0.1, -0.05) is 24.3 Å². The third-order valence-corrected chi connectivity index (χ3v) is 3.27. The fourth-order valence-electron chi connectivity index (χ4n) is 2.67. The first-order valence-electron chi connectivity index (χ1n) is 4.57. The Kier molecular flexibility index (Phi) is 1.06. The highest BCUT2D eigenvalue weighted by atomic mass is 16.3. The molecule has 0 atom stereocenters. The summed E-state index contributed by atoms with van der Waals surface area (Å²) in [7, 11) is 0. The van der Waals surface area contributed by atoms with Crippen LogP contribution in [0, 0.1) is 0 Å². The summed E-state index contributed by atoms with van der Waals surface area (Å²) in [5.41, 5.74) is 2.51. The van der Waals surface area contributed by atoms with Crippen molar-refractivity contribution in [3.05, 3.63) is 35.4 Å². The lowest BCUT2D eigenvalue weighted by atomic mass is 9.59. The van der Waals surface area contributed by atoms with Crippen LogP contribution in [0.3, 0.4) is 0 Å². The van der Waals surface area contributed by atoms with Crippen LogP contribution in [0.4, 0.5) is 0 Å². The molecule has 0 amide bonds. The highest BCUT2D eigenvalue weighted by molar-refractivity contribution is 5.39. The summed E-state index contributed by atoms with van der Waals surface area (Å²) >= 11 is 0. The molecule has 0 aromatic heterocycles. The van der Waals surface area contributed by atoms with Gasteiger partial charge in [0.25, 0.3) is 0 Å². The lowest BCUT2D eigenvalue weighted by Gasteiger charge is -2.49. The van der Waals surface area contributed by atoms with E-state index in [1.165, 1.54) is 11.1 Å². The molecule has 1 aromatic carbocycles. The minimum Gasteiger partial charge on any atom is -0.390 e. The molecule has 1 saturated carbocycles. The molecule has 1 heteroatoms. The molecule has 0 saturated heterocycles. The Morgan fingerprint density at radius 2 is 2.00 bits per heavy atom. The van der Waals surface area contributed by atoms with Gasteiger partial charge in [-0.2, -0.15) is 0 Å². The molecule has 62 valence electrons. The van der Waals surface area contributed by atoms with Gasteiger partial charge in [-0.3, -0.25) is 0 Å². The van der Waals surface area contributed by atoms with Crippen molar-refractivity contribution in [1.82, 2.24) is 0 Å². The van der Waals surface area contributed by atoms with Crippen molar-refractivity contribution in [2.24, 2.45) is 0 Å². The van der Waals surface area contributed by atoms with Gasteiger partial charge in [0.15, 0.2) is 0 Å². The summed E-state index contributed by atoms with van der Waals surface area (Å²) < 4.78 is 0. The molecule has 1 aromatic rings. The van der Waals surface area contributed by atoms with Gasteiger partial charge >= 0.3 is 0 Å². The number of hydrogen-bond donors (Lipinski definition) is 1. The zero-order chi connectivity index (χ0) is 8.18. The predicted molar refractivity (Wildman–Crippen MR) is 47.1 cm³/mol. The first kappa shape index (κ1) is 6.67. The molecule has 0 spiro atoms. The molecule has 1 fully saturated rings. The van der Waals surface area contributed by atoms with Crippen molar-refractivity contribution >= 4 is 0 Å². The Morgan fingerprint density at radius 1 is 1.25 bits per heavy atom. The van der Waals surface area contributed by atoms with E-state index in [2.05, 4.69) is 24.3 Å². The Bertz CT molecular complexity index is 324. The second-order valence-corrected chi connectivity index (χ2v) is 4.21. The van der Waals surface area contributed by atoms with Gasteiger partial charge in [0, 0.05) is 6.42 Å². The van der Waals surface area contributed by atoms with Crippen LogP contribution in [0.15, 0.2) is 24.3 Å². The van der Waals surface area contributed by atoms with Gasteiger partial charge in [-0.25, -0.2) is 0 Å². The number of rotatable bonds is 0. The lowest BCUT2D eigenvalue weighted by Crippen LogP contribution is -2.48. The second kappa shape index (κ2) is 1.91. The molecule has 0 aliphatic heterocycles. The number of benzene rings is 1. The van der Waals surface area contributed by atoms with Crippen molar-refractivity contribution in [2.45, 2.75) is 30.8 Å². The largest absolute Gasteiger partial charge is 0.390 e. The van der Waals surface area contributed by atoms with Gasteiger partial charge in [-0.15, -0.1) is 0 Å². The smallest absolute Gasteiger partial charge is 0.0699 e. The third-order valence-electron chi connectivity index (χ3n) is 3.27. The van der Waals surface area contributed by atoms with Crippen LogP contribution in [0.5, 0.6) is 0 Å². The van der Waals surface area contributed by atoms with Crippen LogP contribution in [-0.4, -0.2) is 10.7 Å². The van der Waals surface area contributed by atoms with Crippen molar-refractivity contribution < 1.29 is 5.11 Å². The van der Waals surface area contributed by atoms with Crippen LogP contribution in [0.1, 0.15) is 29.9 Å². The van der Waals surface area contributed by atoms with Gasteiger partial charge in [0.1, 0.15) is 0 Å². The summed E-state index contributed by atoms with van der Waals surface area (Å²) in [4.78, 5) is 0. The summed E-state index contributed by atoms with van der Waals surface area (Å²) in [5.74, 6) is 0.653. The Balaban J connectivity index is 2.13. The topological polar surface area (TPSA) is 20.2 Å². The summed E-state index contributed by atoms with van der Waals surface area (Å²) in [5, 5.41) is 9.89. The van der Waals surface area contributed by atoms with E-state index in [9.17, 15) is 5.11 Å². The van der Waals surface area contributed by atoms with Gasteiger partial charge in [0.2, 0.25) is 0 Å². The molecular weight excluding hydrogens is 148 g/mol. The summed E-state index contributed by atoms with van der Waals surface area (Å²) in [6.45, 7) is 0. The molecule has 4 rings (SSSR count). The maximum absolute atomic E-state index is 9.89. The Hall–Kier alpha value is -0.820. The van der Waals surface area contributed by atoms with E-state index in [0.717, 1.165) is 19.3 Å². The Morgan fingerprint density at radius 3 is 2.83 bits per heavy atom. The average molecular weight is 160 g/mol. The summed E-state index contributed by atoms with van der Waals surface area (Å²) in [6.07, 6.45) is 2.85. The van der Waals surface area contributed by atoms with E-state index >= 15 is 0 Å². The second-order valence-electron chi connectivity index (χ2n) is 4.21. The molecule has 3 aliphatic rings. The van der Waals surface area contributed by atoms with E-state index in [4.69, 9.17) is 0 Å². The Labute approximate surface area is 72.0 Å². The maximum atomic E-state index is 9.89. The van der Waals surface area contributed by atoms with Gasteiger partial charge in [-0.05, 0) is 29.9 Å². The van der Waals surface area contributed by atoms with E-state index in [1.807, 2.05) is 0 Å². The molecule has 0 heterocycles. The zero-order valence-corrected chi connectivity index (χ0v) is 6.96. The minimum absolute atomic E-state index is 0.334. The third kappa shape index (κ3) is 0.721. The number of hydrogen-bond acceptors (Lipinski definition) is 1. The van der Waals surface area contributed by atoms with Crippen molar-refractivity contribution in [3.63, 3.8) is 0 Å². The fraction of sp³-hybridized carbons (Fsp3) is 0.455. The predicted octanol–water partition coefficient (Wildman–Crippen LogP) is 1.85. The van der Waals surface area contributed by atoms with E-state index < -0.39 is 0 Å². The minimum atomic E-state index is -0.334. The fourth-order valence-corrected chi connectivity index (χ4v) is 2.67. The first-order chi connectivity index (χ1) is 5.77. The summed E-state index contributed by atoms with van der Waals surface area (Å²) in [6, 6.07) is 8.51. The monoisotopic (exact) mass is 160 g/mol. The van der Waals surface area contributed by atoms with Gasteiger partial charge in [0.05, 0.1) is 5.60 Å². The van der Waals surface area contributed by atoms with E-state index in [-0.39, 0.29) is 5.60 Å². The van der Waals surface area contributed by atoms with Crippen LogP contribution in [0.2, 0.25) is 0 Å². The van der Waals surface area contributed by atoms with Crippen LogP contribution in [0.25, 0.3) is 0 Å². The molecule has 1 nitrogen and oxygen atoms in total.